The van der Waals surface area contributed by atoms with Crippen molar-refractivity contribution in [3.63, 3.8) is 0 Å². The molecular weight excluding hydrogens is 318 g/mol. The molecule has 3 nitrogen and oxygen atoms in total. The van der Waals surface area contributed by atoms with Gasteiger partial charge in [-0.2, -0.15) is 0 Å². The third kappa shape index (κ3) is 6.42. The molecule has 0 aromatic heterocycles. The summed E-state index contributed by atoms with van der Waals surface area (Å²) in [6, 6.07) is 5.90. The Kier molecular flexibility index (Phi) is 6.53. The van der Waals surface area contributed by atoms with E-state index < -0.39 is 11.7 Å². The minimum Gasteiger partial charge on any atom is -0.444 e. The number of carbonyl (C=O) groups is 1. The highest BCUT2D eigenvalue weighted by Crippen LogP contribution is 2.24. The fourth-order valence-electron chi connectivity index (χ4n) is 1.87. The van der Waals surface area contributed by atoms with E-state index in [1.165, 1.54) is 12.8 Å². The van der Waals surface area contributed by atoms with Crippen LogP contribution in [-0.4, -0.2) is 11.7 Å². The van der Waals surface area contributed by atoms with E-state index in [0.29, 0.717) is 0 Å². The minimum absolute atomic E-state index is 0.406. The zero-order valence-electron chi connectivity index (χ0n) is 12.8. The molecule has 0 heterocycles. The Morgan fingerprint density at radius 1 is 1.30 bits per heavy atom. The summed E-state index contributed by atoms with van der Waals surface area (Å²) in [7, 11) is 0. The second-order valence-electron chi connectivity index (χ2n) is 5.89. The zero-order chi connectivity index (χ0) is 15.2. The van der Waals surface area contributed by atoms with Gasteiger partial charge in [0.2, 0.25) is 0 Å². The van der Waals surface area contributed by atoms with Crippen LogP contribution in [0, 0.1) is 0 Å². The molecule has 0 aliphatic rings. The fourth-order valence-corrected chi connectivity index (χ4v) is 2.28. The van der Waals surface area contributed by atoms with Crippen LogP contribution in [0.3, 0.4) is 0 Å². The standard InChI is InChI=1S/C16H24BrNO2/c1-5-6-7-8-12-11-13(17)9-10-14(12)18-15(19)20-16(2,3)4/h9-11H,5-8H2,1-4H3,(H,18,19). The Labute approximate surface area is 130 Å². The highest BCUT2D eigenvalue weighted by molar-refractivity contribution is 9.10. The second-order valence-corrected chi connectivity index (χ2v) is 6.80. The fraction of sp³-hybridized carbons (Fsp3) is 0.562. The zero-order valence-corrected chi connectivity index (χ0v) is 14.3. The summed E-state index contributed by atoms with van der Waals surface area (Å²) in [5.74, 6) is 0. The van der Waals surface area contributed by atoms with E-state index in [1.807, 2.05) is 32.9 Å². The lowest BCUT2D eigenvalue weighted by atomic mass is 10.1. The van der Waals surface area contributed by atoms with Crippen LogP contribution in [0.15, 0.2) is 22.7 Å². The molecule has 20 heavy (non-hydrogen) atoms. The van der Waals surface area contributed by atoms with E-state index in [2.05, 4.69) is 34.2 Å². The number of unbranched alkanes of at least 4 members (excludes halogenated alkanes) is 2. The molecule has 0 saturated carbocycles. The first-order chi connectivity index (χ1) is 9.31. The highest BCUT2D eigenvalue weighted by Gasteiger charge is 2.17. The summed E-state index contributed by atoms with van der Waals surface area (Å²) in [5.41, 5.74) is 1.49. The van der Waals surface area contributed by atoms with Crippen molar-refractivity contribution in [1.82, 2.24) is 0 Å². The lowest BCUT2D eigenvalue weighted by molar-refractivity contribution is 0.0636. The van der Waals surface area contributed by atoms with Crippen LogP contribution in [0.1, 0.15) is 52.5 Å². The summed E-state index contributed by atoms with van der Waals surface area (Å²) in [6.07, 6.45) is 4.05. The van der Waals surface area contributed by atoms with Crippen LogP contribution in [0.4, 0.5) is 10.5 Å². The molecule has 1 aromatic carbocycles. The van der Waals surface area contributed by atoms with Crippen LogP contribution in [0.2, 0.25) is 0 Å². The largest absolute Gasteiger partial charge is 0.444 e. The quantitative estimate of drug-likeness (QED) is 0.715. The molecule has 1 N–H and O–H groups in total. The van der Waals surface area contributed by atoms with E-state index in [0.717, 1.165) is 28.6 Å². The first-order valence-corrected chi connectivity index (χ1v) is 7.89. The third-order valence-corrected chi connectivity index (χ3v) is 3.25. The number of hydrogen-bond donors (Lipinski definition) is 1. The van der Waals surface area contributed by atoms with Gasteiger partial charge in [0.15, 0.2) is 0 Å². The van der Waals surface area contributed by atoms with Gasteiger partial charge in [0.05, 0.1) is 0 Å². The molecule has 0 fully saturated rings. The molecule has 0 radical (unpaired) electrons. The van der Waals surface area contributed by atoms with Crippen LogP contribution in [0.5, 0.6) is 0 Å². The number of aryl methyl sites for hydroxylation is 1. The Morgan fingerprint density at radius 2 is 2.00 bits per heavy atom. The van der Waals surface area contributed by atoms with Crippen molar-refractivity contribution in [3.8, 4) is 0 Å². The van der Waals surface area contributed by atoms with Crippen molar-refractivity contribution in [2.45, 2.75) is 59.0 Å². The topological polar surface area (TPSA) is 38.3 Å². The van der Waals surface area contributed by atoms with Crippen molar-refractivity contribution in [2.24, 2.45) is 0 Å². The number of nitrogens with one attached hydrogen (secondary N) is 1. The highest BCUT2D eigenvalue weighted by atomic mass is 79.9. The Hall–Kier alpha value is -1.03. The lowest BCUT2D eigenvalue weighted by Gasteiger charge is -2.20. The third-order valence-electron chi connectivity index (χ3n) is 2.75. The average molecular weight is 342 g/mol. The van der Waals surface area contributed by atoms with Gasteiger partial charge in [-0.15, -0.1) is 0 Å². The monoisotopic (exact) mass is 341 g/mol. The van der Waals surface area contributed by atoms with Gasteiger partial charge in [-0.05, 0) is 57.4 Å². The molecule has 0 spiro atoms. The van der Waals surface area contributed by atoms with Crippen molar-refractivity contribution >= 4 is 27.7 Å². The normalized spacial score (nSPS) is 11.2. The summed E-state index contributed by atoms with van der Waals surface area (Å²) in [5, 5.41) is 2.84. The molecular formula is C16H24BrNO2. The van der Waals surface area contributed by atoms with Gasteiger partial charge in [-0.25, -0.2) is 4.79 Å². The van der Waals surface area contributed by atoms with Crippen LogP contribution in [-0.2, 0) is 11.2 Å². The van der Waals surface area contributed by atoms with Gasteiger partial charge >= 0.3 is 6.09 Å². The first kappa shape index (κ1) is 17.0. The number of anilines is 1. The molecule has 1 amide bonds. The molecule has 0 saturated heterocycles. The van der Waals surface area contributed by atoms with E-state index in [9.17, 15) is 4.79 Å². The number of halogens is 1. The minimum atomic E-state index is -0.484. The molecule has 4 heteroatoms. The van der Waals surface area contributed by atoms with Gasteiger partial charge in [-0.3, -0.25) is 5.32 Å². The summed E-state index contributed by atoms with van der Waals surface area (Å²) in [6.45, 7) is 7.75. The Balaban J connectivity index is 2.75. The summed E-state index contributed by atoms with van der Waals surface area (Å²) < 4.78 is 6.32. The van der Waals surface area contributed by atoms with Gasteiger partial charge in [0, 0.05) is 10.2 Å². The van der Waals surface area contributed by atoms with Gasteiger partial charge in [-0.1, -0.05) is 35.7 Å². The molecule has 0 unspecified atom stereocenters. The van der Waals surface area contributed by atoms with Crippen molar-refractivity contribution in [2.75, 3.05) is 5.32 Å². The van der Waals surface area contributed by atoms with Gasteiger partial charge in [0.1, 0.15) is 5.60 Å². The predicted octanol–water partition coefficient (Wildman–Crippen LogP) is 5.53. The molecule has 0 aliphatic heterocycles. The van der Waals surface area contributed by atoms with Crippen LogP contribution >= 0.6 is 15.9 Å². The van der Waals surface area contributed by atoms with Gasteiger partial charge in [0.25, 0.3) is 0 Å². The predicted molar refractivity (Wildman–Crippen MR) is 87.2 cm³/mol. The van der Waals surface area contributed by atoms with E-state index in [1.54, 1.807) is 0 Å². The molecule has 1 aromatic rings. The first-order valence-electron chi connectivity index (χ1n) is 7.10. The molecule has 1 rings (SSSR count). The van der Waals surface area contributed by atoms with Crippen molar-refractivity contribution in [3.05, 3.63) is 28.2 Å². The van der Waals surface area contributed by atoms with E-state index in [4.69, 9.17) is 4.74 Å². The molecule has 0 atom stereocenters. The molecule has 0 aliphatic carbocycles. The molecule has 112 valence electrons. The van der Waals surface area contributed by atoms with E-state index in [-0.39, 0.29) is 0 Å². The Morgan fingerprint density at radius 3 is 2.60 bits per heavy atom. The smallest absolute Gasteiger partial charge is 0.412 e. The summed E-state index contributed by atoms with van der Waals surface area (Å²) in [4.78, 5) is 11.9. The van der Waals surface area contributed by atoms with Gasteiger partial charge < -0.3 is 4.74 Å². The molecule has 0 bridgehead atoms. The maximum atomic E-state index is 11.9. The SMILES string of the molecule is CCCCCc1cc(Br)ccc1NC(=O)OC(C)(C)C. The van der Waals surface area contributed by atoms with Crippen LogP contribution < -0.4 is 5.32 Å². The number of hydrogen-bond acceptors (Lipinski definition) is 2. The van der Waals surface area contributed by atoms with Crippen molar-refractivity contribution < 1.29 is 9.53 Å². The van der Waals surface area contributed by atoms with Crippen molar-refractivity contribution in [1.29, 1.82) is 0 Å². The Bertz CT molecular complexity index is 452. The number of amides is 1. The number of ether oxygens (including phenoxy) is 1. The maximum absolute atomic E-state index is 11.9. The maximum Gasteiger partial charge on any atom is 0.412 e. The number of rotatable bonds is 5. The second kappa shape index (κ2) is 7.67. The number of benzene rings is 1. The lowest BCUT2D eigenvalue weighted by Crippen LogP contribution is -2.27. The summed E-state index contributed by atoms with van der Waals surface area (Å²) >= 11 is 3.48. The number of carbonyl (C=O) groups excluding carboxylic acids is 1. The van der Waals surface area contributed by atoms with Crippen LogP contribution in [0.25, 0.3) is 0 Å². The van der Waals surface area contributed by atoms with E-state index >= 15 is 0 Å². The average Bonchev–Trinajstić information content (AvgIpc) is 2.30.